The molecule has 25 heavy (non-hydrogen) atoms. The van der Waals surface area contributed by atoms with Gasteiger partial charge in [-0.05, 0) is 24.3 Å². The van der Waals surface area contributed by atoms with Gasteiger partial charge in [-0.15, -0.1) is 22.7 Å². The van der Waals surface area contributed by atoms with E-state index in [1.54, 1.807) is 23.2 Å². The molecule has 1 aliphatic heterocycles. The molecule has 0 radical (unpaired) electrons. The Balaban J connectivity index is 1.73. The van der Waals surface area contributed by atoms with Gasteiger partial charge in [0.05, 0.1) is 23.4 Å². The number of rotatable bonds is 5. The van der Waals surface area contributed by atoms with Crippen molar-refractivity contribution in [2.24, 2.45) is 0 Å². The van der Waals surface area contributed by atoms with Crippen LogP contribution in [0.4, 0.5) is 0 Å². The summed E-state index contributed by atoms with van der Waals surface area (Å²) in [6.45, 7) is 3.04. The summed E-state index contributed by atoms with van der Waals surface area (Å²) in [5.74, 6) is 0.0458. The van der Waals surface area contributed by atoms with Crippen LogP contribution >= 0.6 is 22.7 Å². The molecule has 6 nitrogen and oxygen atoms in total. The SMILES string of the molecule is CC(=O)N1CCC(N(Cc2csc(-c3cccs3)n2)S(C)(=O)=O)CC1. The first-order valence-electron chi connectivity index (χ1n) is 8.05. The zero-order valence-electron chi connectivity index (χ0n) is 14.2. The predicted molar refractivity (Wildman–Crippen MR) is 101 cm³/mol. The van der Waals surface area contributed by atoms with E-state index in [4.69, 9.17) is 0 Å². The van der Waals surface area contributed by atoms with E-state index >= 15 is 0 Å². The van der Waals surface area contributed by atoms with Crippen molar-refractivity contribution >= 4 is 38.6 Å². The van der Waals surface area contributed by atoms with E-state index in [1.165, 1.54) is 21.9 Å². The van der Waals surface area contributed by atoms with Crippen molar-refractivity contribution in [3.05, 3.63) is 28.6 Å². The molecule has 2 aromatic rings. The monoisotopic (exact) mass is 399 g/mol. The molecule has 0 spiro atoms. The predicted octanol–water partition coefficient (Wildman–Crippen LogP) is 2.64. The number of likely N-dealkylation sites (tertiary alicyclic amines) is 1. The van der Waals surface area contributed by atoms with Gasteiger partial charge in [0.2, 0.25) is 15.9 Å². The standard InChI is InChI=1S/C16H21N3O3S3/c1-12(20)18-7-5-14(6-8-18)19(25(2,21)22)10-13-11-24-16(17-13)15-4-3-9-23-15/h3-4,9,11,14H,5-8,10H2,1-2H3. The Labute approximate surface area is 156 Å². The fourth-order valence-corrected chi connectivity index (χ4v) is 5.78. The molecule has 1 saturated heterocycles. The molecule has 0 bridgehead atoms. The molecule has 0 aliphatic carbocycles. The first-order valence-corrected chi connectivity index (χ1v) is 11.7. The number of thiazole rings is 1. The van der Waals surface area contributed by atoms with E-state index in [9.17, 15) is 13.2 Å². The Morgan fingerprint density at radius 2 is 2.08 bits per heavy atom. The first-order chi connectivity index (χ1) is 11.8. The van der Waals surface area contributed by atoms with Crippen LogP contribution in [0, 0.1) is 0 Å². The number of carbonyl (C=O) groups is 1. The van der Waals surface area contributed by atoms with Crippen molar-refractivity contribution in [1.29, 1.82) is 0 Å². The van der Waals surface area contributed by atoms with E-state index in [-0.39, 0.29) is 18.5 Å². The summed E-state index contributed by atoms with van der Waals surface area (Å²) in [7, 11) is -3.35. The molecule has 0 aromatic carbocycles. The second-order valence-corrected chi connectivity index (χ2v) is 9.91. The number of piperidine rings is 1. The minimum absolute atomic E-state index is 0.0458. The molecule has 1 fully saturated rings. The maximum atomic E-state index is 12.3. The molecule has 0 atom stereocenters. The number of hydrogen-bond acceptors (Lipinski definition) is 6. The molecular weight excluding hydrogens is 378 g/mol. The highest BCUT2D eigenvalue weighted by atomic mass is 32.2. The topological polar surface area (TPSA) is 70.6 Å². The number of sulfonamides is 1. The van der Waals surface area contributed by atoms with Crippen LogP contribution < -0.4 is 0 Å². The average molecular weight is 400 g/mol. The number of carbonyl (C=O) groups excluding carboxylic acids is 1. The lowest BCUT2D eigenvalue weighted by molar-refractivity contribution is -0.130. The molecule has 9 heteroatoms. The number of aromatic nitrogens is 1. The number of amides is 1. The minimum Gasteiger partial charge on any atom is -0.343 e. The van der Waals surface area contributed by atoms with E-state index in [0.29, 0.717) is 25.9 Å². The maximum Gasteiger partial charge on any atom is 0.219 e. The number of nitrogens with zero attached hydrogens (tertiary/aromatic N) is 3. The van der Waals surface area contributed by atoms with Gasteiger partial charge in [0.25, 0.3) is 0 Å². The normalized spacial score (nSPS) is 16.5. The van der Waals surface area contributed by atoms with Crippen molar-refractivity contribution in [2.45, 2.75) is 32.4 Å². The van der Waals surface area contributed by atoms with Crippen molar-refractivity contribution in [1.82, 2.24) is 14.2 Å². The molecular formula is C16H21N3O3S3. The van der Waals surface area contributed by atoms with Gasteiger partial charge < -0.3 is 4.90 Å². The molecule has 3 rings (SSSR count). The second kappa shape index (κ2) is 7.53. The summed E-state index contributed by atoms with van der Waals surface area (Å²) in [5.41, 5.74) is 0.771. The van der Waals surface area contributed by atoms with Crippen molar-refractivity contribution in [3.63, 3.8) is 0 Å². The molecule has 0 saturated carbocycles. The Bertz CT molecular complexity index is 822. The molecule has 3 heterocycles. The zero-order valence-corrected chi connectivity index (χ0v) is 16.7. The van der Waals surface area contributed by atoms with Crippen LogP contribution in [-0.2, 0) is 21.4 Å². The highest BCUT2D eigenvalue weighted by Gasteiger charge is 2.31. The fraction of sp³-hybridized carbons (Fsp3) is 0.500. The fourth-order valence-electron chi connectivity index (χ4n) is 3.04. The number of hydrogen-bond donors (Lipinski definition) is 0. The average Bonchev–Trinajstić information content (AvgIpc) is 3.23. The third-order valence-corrected chi connectivity index (χ3v) is 7.55. The highest BCUT2D eigenvalue weighted by molar-refractivity contribution is 7.88. The van der Waals surface area contributed by atoms with Gasteiger partial charge in [-0.25, -0.2) is 13.4 Å². The van der Waals surface area contributed by atoms with E-state index in [0.717, 1.165) is 15.6 Å². The van der Waals surface area contributed by atoms with Crippen LogP contribution in [0.5, 0.6) is 0 Å². The Morgan fingerprint density at radius 3 is 2.64 bits per heavy atom. The number of thiophene rings is 1. The third-order valence-electron chi connectivity index (χ3n) is 4.34. The second-order valence-electron chi connectivity index (χ2n) is 6.17. The van der Waals surface area contributed by atoms with Gasteiger partial charge in [0, 0.05) is 31.4 Å². The Morgan fingerprint density at radius 1 is 1.36 bits per heavy atom. The lowest BCUT2D eigenvalue weighted by atomic mass is 10.0. The van der Waals surface area contributed by atoms with Gasteiger partial charge >= 0.3 is 0 Å². The highest BCUT2D eigenvalue weighted by Crippen LogP contribution is 2.29. The molecule has 1 aliphatic rings. The van der Waals surface area contributed by atoms with Gasteiger partial charge in [-0.3, -0.25) is 4.79 Å². The van der Waals surface area contributed by atoms with Crippen LogP contribution in [-0.4, -0.2) is 53.9 Å². The molecule has 0 N–H and O–H groups in total. The van der Waals surface area contributed by atoms with Crippen molar-refractivity contribution in [2.75, 3.05) is 19.3 Å². The molecule has 2 aromatic heterocycles. The maximum absolute atomic E-state index is 12.3. The first kappa shape index (κ1) is 18.5. The van der Waals surface area contributed by atoms with Crippen molar-refractivity contribution < 1.29 is 13.2 Å². The van der Waals surface area contributed by atoms with Crippen LogP contribution in [0.3, 0.4) is 0 Å². The van der Waals surface area contributed by atoms with Gasteiger partial charge in [0.1, 0.15) is 5.01 Å². The zero-order chi connectivity index (χ0) is 18.0. The minimum atomic E-state index is -3.35. The molecule has 1 amide bonds. The summed E-state index contributed by atoms with van der Waals surface area (Å²) >= 11 is 3.16. The largest absolute Gasteiger partial charge is 0.343 e. The van der Waals surface area contributed by atoms with Gasteiger partial charge in [-0.1, -0.05) is 6.07 Å². The van der Waals surface area contributed by atoms with Gasteiger partial charge in [-0.2, -0.15) is 4.31 Å². The summed E-state index contributed by atoms with van der Waals surface area (Å²) < 4.78 is 26.2. The van der Waals surface area contributed by atoms with Crippen LogP contribution in [0.15, 0.2) is 22.9 Å². The van der Waals surface area contributed by atoms with Gasteiger partial charge in [0.15, 0.2) is 0 Å². The van der Waals surface area contributed by atoms with Crippen molar-refractivity contribution in [3.8, 4) is 9.88 Å². The van der Waals surface area contributed by atoms with Crippen LogP contribution in [0.1, 0.15) is 25.5 Å². The summed E-state index contributed by atoms with van der Waals surface area (Å²) in [4.78, 5) is 18.9. The smallest absolute Gasteiger partial charge is 0.219 e. The Hall–Kier alpha value is -1.29. The molecule has 136 valence electrons. The van der Waals surface area contributed by atoms with E-state index in [2.05, 4.69) is 4.98 Å². The van der Waals surface area contributed by atoms with E-state index < -0.39 is 10.0 Å². The van der Waals surface area contributed by atoms with Crippen LogP contribution in [0.2, 0.25) is 0 Å². The lowest BCUT2D eigenvalue weighted by Crippen LogP contribution is -2.47. The lowest BCUT2D eigenvalue weighted by Gasteiger charge is -2.36. The molecule has 0 unspecified atom stereocenters. The van der Waals surface area contributed by atoms with Crippen LogP contribution in [0.25, 0.3) is 9.88 Å². The summed E-state index contributed by atoms with van der Waals surface area (Å²) in [6.07, 6.45) is 2.57. The third kappa shape index (κ3) is 4.46. The quantitative estimate of drug-likeness (QED) is 0.775. The Kier molecular flexibility index (Phi) is 5.57. The van der Waals surface area contributed by atoms with E-state index in [1.807, 2.05) is 22.9 Å². The summed E-state index contributed by atoms with van der Waals surface area (Å²) in [5, 5.41) is 4.85. The summed E-state index contributed by atoms with van der Waals surface area (Å²) in [6, 6.07) is 3.91.